The van der Waals surface area contributed by atoms with Gasteiger partial charge in [-0.1, -0.05) is 18.2 Å². The number of benzene rings is 2. The predicted molar refractivity (Wildman–Crippen MR) is 87.4 cm³/mol. The lowest BCUT2D eigenvalue weighted by Crippen LogP contribution is -2.25. The minimum Gasteiger partial charge on any atom is -0.454 e. The number of fused-ring (bicyclic) bond motifs is 1. The summed E-state index contributed by atoms with van der Waals surface area (Å²) in [7, 11) is 0. The molecule has 25 heavy (non-hydrogen) atoms. The Morgan fingerprint density at radius 2 is 1.92 bits per heavy atom. The van der Waals surface area contributed by atoms with Crippen LogP contribution in [0.15, 0.2) is 57.7 Å². The van der Waals surface area contributed by atoms with Crippen LogP contribution in [0.3, 0.4) is 0 Å². The second-order valence-corrected chi connectivity index (χ2v) is 5.31. The molecule has 0 spiro atoms. The molecule has 3 aromatic rings. The van der Waals surface area contributed by atoms with Gasteiger partial charge >= 0.3 is 5.76 Å². The zero-order valence-corrected chi connectivity index (χ0v) is 13.0. The van der Waals surface area contributed by atoms with Crippen molar-refractivity contribution in [3.8, 4) is 23.0 Å². The van der Waals surface area contributed by atoms with Crippen molar-refractivity contribution < 1.29 is 18.7 Å². The first-order valence-electron chi connectivity index (χ1n) is 7.52. The Labute approximate surface area is 141 Å². The topological polar surface area (TPSA) is 95.6 Å². The van der Waals surface area contributed by atoms with Gasteiger partial charge < -0.3 is 19.2 Å². The van der Waals surface area contributed by atoms with Gasteiger partial charge in [0.25, 0.3) is 0 Å². The zero-order valence-electron chi connectivity index (χ0n) is 13.0. The van der Waals surface area contributed by atoms with E-state index in [-0.39, 0.29) is 19.2 Å². The first-order chi connectivity index (χ1) is 12.2. The van der Waals surface area contributed by atoms with Crippen LogP contribution in [0.25, 0.3) is 11.5 Å². The Morgan fingerprint density at radius 1 is 1.12 bits per heavy atom. The fourth-order valence-electron chi connectivity index (χ4n) is 2.41. The van der Waals surface area contributed by atoms with Gasteiger partial charge in [0.1, 0.15) is 6.54 Å². The summed E-state index contributed by atoms with van der Waals surface area (Å²) in [5.74, 6) is 0.246. The van der Waals surface area contributed by atoms with Gasteiger partial charge in [0.15, 0.2) is 11.5 Å². The normalized spacial score (nSPS) is 12.2. The number of nitrogens with one attached hydrogen (secondary N) is 1. The number of aromatic nitrogens is 2. The highest BCUT2D eigenvalue weighted by molar-refractivity contribution is 5.90. The third kappa shape index (κ3) is 3.09. The molecule has 0 saturated carbocycles. The number of anilines is 1. The monoisotopic (exact) mass is 339 g/mol. The molecule has 0 aliphatic carbocycles. The molecule has 1 aromatic heterocycles. The molecule has 0 fully saturated rings. The van der Waals surface area contributed by atoms with Crippen LogP contribution in [0.1, 0.15) is 0 Å². The Morgan fingerprint density at radius 3 is 2.76 bits per heavy atom. The number of hydrogen-bond donors (Lipinski definition) is 1. The van der Waals surface area contributed by atoms with Gasteiger partial charge in [0.2, 0.25) is 18.6 Å². The molecule has 126 valence electrons. The maximum atomic E-state index is 12.2. The second-order valence-electron chi connectivity index (χ2n) is 5.31. The molecule has 0 saturated heterocycles. The van der Waals surface area contributed by atoms with E-state index in [9.17, 15) is 9.59 Å². The lowest BCUT2D eigenvalue weighted by molar-refractivity contribution is -0.117. The highest BCUT2D eigenvalue weighted by Crippen LogP contribution is 2.34. The van der Waals surface area contributed by atoms with Crippen molar-refractivity contribution in [2.75, 3.05) is 12.1 Å². The van der Waals surface area contributed by atoms with Crippen LogP contribution in [0.5, 0.6) is 11.5 Å². The van der Waals surface area contributed by atoms with E-state index in [0.717, 1.165) is 4.68 Å². The molecule has 1 aliphatic heterocycles. The van der Waals surface area contributed by atoms with Gasteiger partial charge in [-0.15, -0.1) is 5.10 Å². The molecular weight excluding hydrogens is 326 g/mol. The first-order valence-corrected chi connectivity index (χ1v) is 7.52. The summed E-state index contributed by atoms with van der Waals surface area (Å²) in [6, 6.07) is 14.0. The lowest BCUT2D eigenvalue weighted by Gasteiger charge is -2.05. The predicted octanol–water partition coefficient (Wildman–Crippen LogP) is 1.87. The maximum Gasteiger partial charge on any atom is 0.437 e. The largest absolute Gasteiger partial charge is 0.454 e. The van der Waals surface area contributed by atoms with E-state index in [1.54, 1.807) is 42.5 Å². The van der Waals surface area contributed by atoms with Gasteiger partial charge in [-0.05, 0) is 24.3 Å². The van der Waals surface area contributed by atoms with E-state index in [1.165, 1.54) is 0 Å². The molecule has 0 unspecified atom stereocenters. The number of nitrogens with zero attached hydrogens (tertiary/aromatic N) is 2. The van der Waals surface area contributed by atoms with Crippen LogP contribution in [-0.4, -0.2) is 22.5 Å². The molecule has 8 heteroatoms. The van der Waals surface area contributed by atoms with E-state index in [2.05, 4.69) is 10.4 Å². The summed E-state index contributed by atoms with van der Waals surface area (Å²) in [6.45, 7) is -0.104. The molecule has 1 aliphatic rings. The Hall–Kier alpha value is -3.55. The van der Waals surface area contributed by atoms with Crippen LogP contribution < -0.4 is 20.5 Å². The lowest BCUT2D eigenvalue weighted by atomic mass is 10.2. The summed E-state index contributed by atoms with van der Waals surface area (Å²) in [4.78, 5) is 24.0. The van der Waals surface area contributed by atoms with E-state index in [0.29, 0.717) is 22.7 Å². The van der Waals surface area contributed by atoms with Crippen LogP contribution in [0.2, 0.25) is 0 Å². The van der Waals surface area contributed by atoms with Crippen molar-refractivity contribution in [3.05, 3.63) is 59.1 Å². The van der Waals surface area contributed by atoms with Gasteiger partial charge in [-0.3, -0.25) is 4.79 Å². The quantitative estimate of drug-likeness (QED) is 0.780. The molecule has 0 bridgehead atoms. The fraction of sp³-hybridized carbons (Fsp3) is 0.118. The summed E-state index contributed by atoms with van der Waals surface area (Å²) < 4.78 is 16.5. The van der Waals surface area contributed by atoms with Crippen molar-refractivity contribution in [3.63, 3.8) is 0 Å². The van der Waals surface area contributed by atoms with Crippen LogP contribution >= 0.6 is 0 Å². The third-order valence-corrected chi connectivity index (χ3v) is 3.58. The summed E-state index contributed by atoms with van der Waals surface area (Å²) >= 11 is 0. The smallest absolute Gasteiger partial charge is 0.437 e. The van der Waals surface area contributed by atoms with Gasteiger partial charge in [-0.2, -0.15) is 4.68 Å². The number of rotatable bonds is 4. The number of hydrogen-bond acceptors (Lipinski definition) is 6. The molecular formula is C17H13N3O5. The summed E-state index contributed by atoms with van der Waals surface area (Å²) in [6.07, 6.45) is 0. The summed E-state index contributed by atoms with van der Waals surface area (Å²) in [5, 5.41) is 6.73. The van der Waals surface area contributed by atoms with Gasteiger partial charge in [-0.25, -0.2) is 4.79 Å². The first kappa shape index (κ1) is 15.0. The number of carbonyl (C=O) groups excluding carboxylic acids is 1. The average molecular weight is 339 g/mol. The standard InChI is InChI=1S/C17H13N3O5/c21-15(18-12-6-7-13-14(8-12)24-10-23-13)9-20-17(22)25-16(19-20)11-4-2-1-3-5-11/h1-8H,9-10H2,(H,18,21). The molecule has 0 radical (unpaired) electrons. The minimum absolute atomic E-state index is 0.156. The SMILES string of the molecule is O=C(Cn1nc(-c2ccccc2)oc1=O)Nc1ccc2c(c1)OCO2. The highest BCUT2D eigenvalue weighted by atomic mass is 16.7. The molecule has 8 nitrogen and oxygen atoms in total. The second kappa shape index (κ2) is 6.16. The van der Waals surface area contributed by atoms with Crippen molar-refractivity contribution in [1.82, 2.24) is 9.78 Å². The van der Waals surface area contributed by atoms with Crippen molar-refractivity contribution in [2.24, 2.45) is 0 Å². The molecule has 2 aromatic carbocycles. The average Bonchev–Trinajstić information content (AvgIpc) is 3.22. The van der Waals surface area contributed by atoms with E-state index in [1.807, 2.05) is 6.07 Å². The van der Waals surface area contributed by atoms with Crippen LogP contribution in [-0.2, 0) is 11.3 Å². The highest BCUT2D eigenvalue weighted by Gasteiger charge is 2.16. The van der Waals surface area contributed by atoms with Gasteiger partial charge in [0, 0.05) is 17.3 Å². The van der Waals surface area contributed by atoms with Crippen molar-refractivity contribution in [2.45, 2.75) is 6.54 Å². The molecule has 1 N–H and O–H groups in total. The number of amides is 1. The Balaban J connectivity index is 1.48. The van der Waals surface area contributed by atoms with E-state index >= 15 is 0 Å². The Bertz CT molecular complexity index is 977. The number of carbonyl (C=O) groups is 1. The fourth-order valence-corrected chi connectivity index (χ4v) is 2.41. The van der Waals surface area contributed by atoms with E-state index in [4.69, 9.17) is 13.9 Å². The third-order valence-electron chi connectivity index (χ3n) is 3.58. The van der Waals surface area contributed by atoms with Gasteiger partial charge in [0.05, 0.1) is 0 Å². The van der Waals surface area contributed by atoms with Crippen LogP contribution in [0, 0.1) is 0 Å². The van der Waals surface area contributed by atoms with E-state index < -0.39 is 11.7 Å². The Kier molecular flexibility index (Phi) is 3.70. The molecule has 2 heterocycles. The maximum absolute atomic E-state index is 12.2. The van der Waals surface area contributed by atoms with Crippen molar-refractivity contribution in [1.29, 1.82) is 0 Å². The molecule has 0 atom stereocenters. The number of ether oxygens (including phenoxy) is 2. The molecule has 1 amide bonds. The van der Waals surface area contributed by atoms with Crippen molar-refractivity contribution >= 4 is 11.6 Å². The summed E-state index contributed by atoms with van der Waals surface area (Å²) in [5.41, 5.74) is 1.20. The minimum atomic E-state index is -0.695. The van der Waals surface area contributed by atoms with Crippen LogP contribution in [0.4, 0.5) is 5.69 Å². The zero-order chi connectivity index (χ0) is 17.2. The molecule has 4 rings (SSSR count).